The SMILES string of the molecule is NCCc1cc2c(O)c(c1)Cc1cc(CCN)cc(c1O)Cc1cc(CCN)cc(c1OCCCO)Cc1cc(CCN)cc(c1O)C2. The Morgan fingerprint density at radius 2 is 0.729 bits per heavy atom. The van der Waals surface area contributed by atoms with Crippen LogP contribution in [0.1, 0.15) is 73.2 Å². The summed E-state index contributed by atoms with van der Waals surface area (Å²) in [6, 6.07) is 16.0. The number of aromatic hydroxyl groups is 3. The van der Waals surface area contributed by atoms with Gasteiger partial charge in [-0.1, -0.05) is 48.5 Å². The molecule has 4 aromatic carbocycles. The molecule has 0 atom stereocenters. The fourth-order valence-corrected chi connectivity index (χ4v) is 6.88. The zero-order valence-electron chi connectivity index (χ0n) is 27.7. The summed E-state index contributed by atoms with van der Waals surface area (Å²) in [5.74, 6) is 1.12. The van der Waals surface area contributed by atoms with E-state index >= 15 is 0 Å². The van der Waals surface area contributed by atoms with Crippen molar-refractivity contribution in [2.24, 2.45) is 22.9 Å². The number of hydrogen-bond acceptors (Lipinski definition) is 9. The van der Waals surface area contributed by atoms with Gasteiger partial charge in [0.2, 0.25) is 0 Å². The predicted molar refractivity (Wildman–Crippen MR) is 190 cm³/mol. The summed E-state index contributed by atoms with van der Waals surface area (Å²) < 4.78 is 6.41. The predicted octanol–water partition coefficient (Wildman–Crippen LogP) is 3.25. The van der Waals surface area contributed by atoms with E-state index in [1.54, 1.807) is 0 Å². The Morgan fingerprint density at radius 1 is 0.458 bits per heavy atom. The van der Waals surface area contributed by atoms with Crippen LogP contribution < -0.4 is 27.7 Å². The van der Waals surface area contributed by atoms with Gasteiger partial charge < -0.3 is 48.1 Å². The molecule has 9 heteroatoms. The molecule has 5 rings (SSSR count). The van der Waals surface area contributed by atoms with E-state index in [4.69, 9.17) is 27.7 Å². The van der Waals surface area contributed by atoms with Crippen LogP contribution in [-0.4, -0.2) is 59.8 Å². The number of aliphatic hydroxyl groups is 1. The van der Waals surface area contributed by atoms with Gasteiger partial charge in [0.1, 0.15) is 23.0 Å². The largest absolute Gasteiger partial charge is 0.507 e. The second kappa shape index (κ2) is 16.3. The first-order chi connectivity index (χ1) is 23.3. The van der Waals surface area contributed by atoms with Crippen molar-refractivity contribution in [2.75, 3.05) is 39.4 Å². The van der Waals surface area contributed by atoms with Gasteiger partial charge in [0.25, 0.3) is 0 Å². The molecule has 0 radical (unpaired) electrons. The number of rotatable bonds is 12. The van der Waals surface area contributed by atoms with E-state index in [1.165, 1.54) is 0 Å². The molecule has 0 saturated carbocycles. The molecule has 0 aromatic heterocycles. The van der Waals surface area contributed by atoms with E-state index in [0.29, 0.717) is 106 Å². The number of hydrogen-bond donors (Lipinski definition) is 8. The molecule has 256 valence electrons. The standard InChI is InChI=1S/C39H50N4O5/c40-6-2-24-12-28-20-30-14-25(3-7-41)16-32(37(30)46)22-34-18-27(5-9-43)19-35(39(34)48-11-1-10-44)23-33-17-26(4-8-42)15-31(38(33)47)21-29(13-24)36(28)45/h12-19,44-47H,1-11,20-23,40-43H2. The lowest BCUT2D eigenvalue weighted by molar-refractivity contribution is 0.231. The normalized spacial score (nSPS) is 12.7. The average molecular weight is 655 g/mol. The number of phenols is 3. The molecule has 0 fully saturated rings. The Morgan fingerprint density at radius 3 is 1.00 bits per heavy atom. The lowest BCUT2D eigenvalue weighted by atomic mass is 9.87. The summed E-state index contributed by atoms with van der Waals surface area (Å²) in [6.07, 6.45) is 4.29. The molecule has 0 heterocycles. The van der Waals surface area contributed by atoms with Crippen molar-refractivity contribution in [3.8, 4) is 23.0 Å². The molecule has 8 bridgehead atoms. The minimum Gasteiger partial charge on any atom is -0.507 e. The Kier molecular flexibility index (Phi) is 12.0. The lowest BCUT2D eigenvalue weighted by Gasteiger charge is -2.22. The van der Waals surface area contributed by atoms with Gasteiger partial charge in [-0.2, -0.15) is 0 Å². The summed E-state index contributed by atoms with van der Waals surface area (Å²) >= 11 is 0. The number of fused-ring (bicyclic) bond motifs is 8. The van der Waals surface area contributed by atoms with Crippen LogP contribution in [0.2, 0.25) is 0 Å². The minimum atomic E-state index is -0.00746. The van der Waals surface area contributed by atoms with Gasteiger partial charge in [0, 0.05) is 38.7 Å². The van der Waals surface area contributed by atoms with Crippen molar-refractivity contribution in [1.29, 1.82) is 0 Å². The Bertz CT molecular complexity index is 1630. The third kappa shape index (κ3) is 8.11. The molecule has 4 aromatic rings. The second-order valence-corrected chi connectivity index (χ2v) is 12.8. The Balaban J connectivity index is 1.81. The summed E-state index contributed by atoms with van der Waals surface area (Å²) in [5, 5.41) is 44.9. The van der Waals surface area contributed by atoms with Gasteiger partial charge in [0.15, 0.2) is 0 Å². The molecule has 48 heavy (non-hydrogen) atoms. The number of nitrogens with two attached hydrogens (primary N) is 4. The van der Waals surface area contributed by atoms with Crippen molar-refractivity contribution in [1.82, 2.24) is 0 Å². The van der Waals surface area contributed by atoms with Crippen LogP contribution in [0.3, 0.4) is 0 Å². The van der Waals surface area contributed by atoms with Crippen molar-refractivity contribution >= 4 is 0 Å². The maximum Gasteiger partial charge on any atom is 0.126 e. The van der Waals surface area contributed by atoms with E-state index in [-0.39, 0.29) is 36.7 Å². The summed E-state index contributed by atoms with van der Waals surface area (Å²) in [7, 11) is 0. The summed E-state index contributed by atoms with van der Waals surface area (Å²) in [6.45, 7) is 2.10. The highest BCUT2D eigenvalue weighted by molar-refractivity contribution is 5.58. The minimum absolute atomic E-state index is 0.00746. The Labute approximate surface area is 283 Å². The maximum atomic E-state index is 11.8. The van der Waals surface area contributed by atoms with Gasteiger partial charge in [-0.3, -0.25) is 0 Å². The first-order valence-electron chi connectivity index (χ1n) is 17.0. The highest BCUT2D eigenvalue weighted by Gasteiger charge is 2.22. The van der Waals surface area contributed by atoms with Crippen molar-refractivity contribution in [3.05, 3.63) is 115 Å². The van der Waals surface area contributed by atoms with Crippen molar-refractivity contribution < 1.29 is 25.2 Å². The average Bonchev–Trinajstić information content (AvgIpc) is 3.05. The van der Waals surface area contributed by atoms with Crippen LogP contribution in [0.15, 0.2) is 48.5 Å². The quantitative estimate of drug-likeness (QED) is 0.0932. The van der Waals surface area contributed by atoms with E-state index in [2.05, 4.69) is 12.1 Å². The smallest absolute Gasteiger partial charge is 0.126 e. The zero-order chi connectivity index (χ0) is 34.2. The van der Waals surface area contributed by atoms with E-state index in [9.17, 15) is 20.4 Å². The first kappa shape index (κ1) is 35.2. The number of ether oxygens (including phenoxy) is 1. The first-order valence-corrected chi connectivity index (χ1v) is 17.0. The summed E-state index contributed by atoms with van der Waals surface area (Å²) in [4.78, 5) is 0. The molecular weight excluding hydrogens is 604 g/mol. The molecule has 1 aliphatic carbocycles. The summed E-state index contributed by atoms with van der Waals surface area (Å²) in [5.41, 5.74) is 33.9. The van der Waals surface area contributed by atoms with Gasteiger partial charge in [-0.15, -0.1) is 0 Å². The number of phenolic OH excluding ortho intramolecular Hbond substituents is 3. The van der Waals surface area contributed by atoms with Crippen LogP contribution in [0, 0.1) is 0 Å². The molecule has 9 nitrogen and oxygen atoms in total. The van der Waals surface area contributed by atoms with Crippen molar-refractivity contribution in [3.63, 3.8) is 0 Å². The highest BCUT2D eigenvalue weighted by atomic mass is 16.5. The van der Waals surface area contributed by atoms with E-state index in [1.807, 2.05) is 36.4 Å². The third-order valence-corrected chi connectivity index (χ3v) is 9.09. The van der Waals surface area contributed by atoms with Crippen molar-refractivity contribution in [2.45, 2.75) is 57.8 Å². The topological polar surface area (TPSA) is 194 Å². The maximum absolute atomic E-state index is 11.8. The van der Waals surface area contributed by atoms with Gasteiger partial charge in [0.05, 0.1) is 6.61 Å². The van der Waals surface area contributed by atoms with Gasteiger partial charge in [-0.05, 0) is 119 Å². The Hall–Kier alpha value is -4.12. The molecular formula is C39H50N4O5. The van der Waals surface area contributed by atoms with Crippen LogP contribution in [0.5, 0.6) is 23.0 Å². The highest BCUT2D eigenvalue weighted by Crippen LogP contribution is 2.39. The molecule has 0 spiro atoms. The molecule has 0 unspecified atom stereocenters. The lowest BCUT2D eigenvalue weighted by Crippen LogP contribution is -2.11. The van der Waals surface area contributed by atoms with Crippen LogP contribution in [0.4, 0.5) is 0 Å². The zero-order valence-corrected chi connectivity index (χ0v) is 27.7. The molecule has 1 aliphatic rings. The third-order valence-electron chi connectivity index (χ3n) is 9.09. The molecule has 12 N–H and O–H groups in total. The van der Waals surface area contributed by atoms with E-state index in [0.717, 1.165) is 44.5 Å². The molecule has 0 saturated heterocycles. The molecule has 0 amide bonds. The number of benzene rings is 4. The molecule has 0 aliphatic heterocycles. The number of aliphatic hydroxyl groups excluding tert-OH is 1. The monoisotopic (exact) mass is 654 g/mol. The van der Waals surface area contributed by atoms with E-state index < -0.39 is 0 Å². The van der Waals surface area contributed by atoms with Crippen LogP contribution in [-0.2, 0) is 51.4 Å². The van der Waals surface area contributed by atoms with Gasteiger partial charge >= 0.3 is 0 Å². The van der Waals surface area contributed by atoms with Gasteiger partial charge in [-0.25, -0.2) is 0 Å². The fourth-order valence-electron chi connectivity index (χ4n) is 6.88. The second-order valence-electron chi connectivity index (χ2n) is 12.8. The van der Waals surface area contributed by atoms with Crippen LogP contribution >= 0.6 is 0 Å². The fraction of sp³-hybridized carbons (Fsp3) is 0.385. The van der Waals surface area contributed by atoms with Crippen LogP contribution in [0.25, 0.3) is 0 Å².